The number of nitrogens with zero attached hydrogens (tertiary/aromatic N) is 1. The van der Waals surface area contributed by atoms with Crippen LogP contribution in [0.3, 0.4) is 0 Å². The third-order valence-corrected chi connectivity index (χ3v) is 1.75. The SMILES string of the molecule is CC1=C(N)C(C)(N=N)OC=C1. The lowest BCUT2D eigenvalue weighted by atomic mass is 10.1. The topological polar surface area (TPSA) is 71.5 Å². The van der Waals surface area contributed by atoms with Crippen LogP contribution in [-0.4, -0.2) is 5.72 Å². The molecule has 0 saturated heterocycles. The van der Waals surface area contributed by atoms with Crippen molar-refractivity contribution in [2.75, 3.05) is 0 Å². The van der Waals surface area contributed by atoms with Crippen molar-refractivity contribution < 1.29 is 4.74 Å². The first-order valence-corrected chi connectivity index (χ1v) is 3.30. The van der Waals surface area contributed by atoms with E-state index in [1.807, 2.05) is 6.92 Å². The Morgan fingerprint density at radius 3 is 2.82 bits per heavy atom. The van der Waals surface area contributed by atoms with Crippen molar-refractivity contribution in [1.29, 1.82) is 5.53 Å². The lowest BCUT2D eigenvalue weighted by Gasteiger charge is -2.27. The highest BCUT2D eigenvalue weighted by atomic mass is 16.5. The second-order valence-electron chi connectivity index (χ2n) is 2.61. The van der Waals surface area contributed by atoms with Crippen molar-refractivity contribution in [3.8, 4) is 0 Å². The van der Waals surface area contributed by atoms with Crippen LogP contribution < -0.4 is 5.73 Å². The molecule has 0 aromatic rings. The molecule has 1 aliphatic rings. The molecule has 0 amide bonds. The number of rotatable bonds is 1. The van der Waals surface area contributed by atoms with Gasteiger partial charge in [0.05, 0.1) is 12.0 Å². The average molecular weight is 153 g/mol. The summed E-state index contributed by atoms with van der Waals surface area (Å²) in [6, 6.07) is 0. The normalized spacial score (nSPS) is 30.0. The van der Waals surface area contributed by atoms with Crippen LogP contribution in [0.4, 0.5) is 0 Å². The Morgan fingerprint density at radius 1 is 1.73 bits per heavy atom. The number of nitrogens with one attached hydrogen (secondary N) is 1. The predicted molar refractivity (Wildman–Crippen MR) is 40.7 cm³/mol. The van der Waals surface area contributed by atoms with Crippen molar-refractivity contribution in [1.82, 2.24) is 0 Å². The van der Waals surface area contributed by atoms with Gasteiger partial charge in [0.2, 0.25) is 0 Å². The molecule has 1 rings (SSSR count). The summed E-state index contributed by atoms with van der Waals surface area (Å²) in [4.78, 5) is 0. The van der Waals surface area contributed by atoms with Gasteiger partial charge in [-0.15, -0.1) is 5.11 Å². The van der Waals surface area contributed by atoms with Gasteiger partial charge in [0.15, 0.2) is 0 Å². The van der Waals surface area contributed by atoms with Gasteiger partial charge in [-0.25, -0.2) is 5.53 Å². The Morgan fingerprint density at radius 2 is 2.36 bits per heavy atom. The molecule has 3 N–H and O–H groups in total. The summed E-state index contributed by atoms with van der Waals surface area (Å²) < 4.78 is 5.08. The molecule has 1 atom stereocenters. The zero-order valence-electron chi connectivity index (χ0n) is 6.59. The highest BCUT2D eigenvalue weighted by Crippen LogP contribution is 2.26. The van der Waals surface area contributed by atoms with Crippen LogP contribution >= 0.6 is 0 Å². The second-order valence-corrected chi connectivity index (χ2v) is 2.61. The molecule has 0 radical (unpaired) electrons. The molecule has 0 spiro atoms. The minimum atomic E-state index is -0.987. The van der Waals surface area contributed by atoms with Crippen LogP contribution in [0.2, 0.25) is 0 Å². The smallest absolute Gasteiger partial charge is 0.254 e. The molecule has 1 heterocycles. The Balaban J connectivity index is 3.06. The Labute approximate surface area is 65.2 Å². The molecule has 4 nitrogen and oxygen atoms in total. The number of allylic oxidation sites excluding steroid dienone is 2. The molecule has 0 aliphatic carbocycles. The fraction of sp³-hybridized carbons (Fsp3) is 0.429. The van der Waals surface area contributed by atoms with Gasteiger partial charge in [-0.1, -0.05) is 0 Å². The van der Waals surface area contributed by atoms with E-state index >= 15 is 0 Å². The summed E-state index contributed by atoms with van der Waals surface area (Å²) >= 11 is 0. The van der Waals surface area contributed by atoms with Crippen molar-refractivity contribution in [3.05, 3.63) is 23.6 Å². The first kappa shape index (κ1) is 7.78. The average Bonchev–Trinajstić information content (AvgIpc) is 2.00. The van der Waals surface area contributed by atoms with Gasteiger partial charge in [-0.3, -0.25) is 0 Å². The molecule has 4 heteroatoms. The van der Waals surface area contributed by atoms with Crippen LogP contribution in [-0.2, 0) is 4.74 Å². The maximum Gasteiger partial charge on any atom is 0.254 e. The highest BCUT2D eigenvalue weighted by molar-refractivity contribution is 5.29. The molecular weight excluding hydrogens is 142 g/mol. The third kappa shape index (κ3) is 1.11. The van der Waals surface area contributed by atoms with Crippen LogP contribution in [0, 0.1) is 5.53 Å². The summed E-state index contributed by atoms with van der Waals surface area (Å²) in [6.45, 7) is 3.51. The van der Waals surface area contributed by atoms with E-state index in [1.54, 1.807) is 13.0 Å². The van der Waals surface area contributed by atoms with Crippen LogP contribution in [0.25, 0.3) is 0 Å². The van der Waals surface area contributed by atoms with E-state index in [4.69, 9.17) is 16.0 Å². The molecule has 1 aliphatic heterocycles. The van der Waals surface area contributed by atoms with Gasteiger partial charge in [0.1, 0.15) is 0 Å². The van der Waals surface area contributed by atoms with Gasteiger partial charge >= 0.3 is 0 Å². The van der Waals surface area contributed by atoms with E-state index in [0.717, 1.165) is 5.57 Å². The molecule has 0 bridgehead atoms. The van der Waals surface area contributed by atoms with Crippen LogP contribution in [0.15, 0.2) is 28.7 Å². The number of nitrogens with two attached hydrogens (primary N) is 1. The molecule has 60 valence electrons. The third-order valence-electron chi connectivity index (χ3n) is 1.75. The lowest BCUT2D eigenvalue weighted by molar-refractivity contribution is 0.0669. The Hall–Kier alpha value is -1.32. The van der Waals surface area contributed by atoms with E-state index in [-0.39, 0.29) is 0 Å². The summed E-state index contributed by atoms with van der Waals surface area (Å²) in [6.07, 6.45) is 3.26. The summed E-state index contributed by atoms with van der Waals surface area (Å²) in [7, 11) is 0. The van der Waals surface area contributed by atoms with Crippen molar-refractivity contribution in [2.24, 2.45) is 10.8 Å². The summed E-state index contributed by atoms with van der Waals surface area (Å²) in [5.41, 5.74) is 12.9. The predicted octanol–water partition coefficient (Wildman–Crippen LogP) is 1.51. The molecule has 0 saturated carbocycles. The summed E-state index contributed by atoms with van der Waals surface area (Å²) in [5.74, 6) is 0. The zero-order chi connectivity index (χ0) is 8.48. The molecule has 0 fully saturated rings. The van der Waals surface area contributed by atoms with Crippen LogP contribution in [0.1, 0.15) is 13.8 Å². The molecule has 1 unspecified atom stereocenters. The van der Waals surface area contributed by atoms with Gasteiger partial charge < -0.3 is 10.5 Å². The molecule has 11 heavy (non-hydrogen) atoms. The van der Waals surface area contributed by atoms with Gasteiger partial charge in [-0.2, -0.15) is 0 Å². The molecule has 0 aromatic carbocycles. The van der Waals surface area contributed by atoms with E-state index in [2.05, 4.69) is 5.11 Å². The van der Waals surface area contributed by atoms with Crippen molar-refractivity contribution in [3.63, 3.8) is 0 Å². The number of hydrogen-bond donors (Lipinski definition) is 2. The van der Waals surface area contributed by atoms with Gasteiger partial charge in [-0.05, 0) is 18.6 Å². The minimum absolute atomic E-state index is 0.495. The van der Waals surface area contributed by atoms with Gasteiger partial charge in [0, 0.05) is 6.92 Å². The quantitative estimate of drug-likeness (QED) is 0.560. The Bertz CT molecular complexity index is 244. The maximum atomic E-state index is 6.87. The van der Waals surface area contributed by atoms with E-state index < -0.39 is 5.72 Å². The fourth-order valence-corrected chi connectivity index (χ4v) is 0.874. The lowest BCUT2D eigenvalue weighted by Crippen LogP contribution is -2.33. The minimum Gasteiger partial charge on any atom is -0.467 e. The zero-order valence-corrected chi connectivity index (χ0v) is 6.59. The molecule has 0 aromatic heterocycles. The monoisotopic (exact) mass is 153 g/mol. The molecular formula is C7H11N3O. The van der Waals surface area contributed by atoms with Crippen LogP contribution in [0.5, 0.6) is 0 Å². The first-order valence-electron chi connectivity index (χ1n) is 3.30. The van der Waals surface area contributed by atoms with E-state index in [1.165, 1.54) is 6.26 Å². The first-order chi connectivity index (χ1) is 5.10. The van der Waals surface area contributed by atoms with E-state index in [0.29, 0.717) is 5.70 Å². The largest absolute Gasteiger partial charge is 0.467 e. The maximum absolute atomic E-state index is 6.87. The van der Waals surface area contributed by atoms with Crippen molar-refractivity contribution >= 4 is 0 Å². The number of ether oxygens (including phenoxy) is 1. The number of hydrogen-bond acceptors (Lipinski definition) is 4. The summed E-state index contributed by atoms with van der Waals surface area (Å²) in [5, 5.41) is 3.30. The Kier molecular flexibility index (Phi) is 1.68. The van der Waals surface area contributed by atoms with Crippen molar-refractivity contribution in [2.45, 2.75) is 19.6 Å². The second kappa shape index (κ2) is 2.38. The standard InChI is InChI=1S/C7H11N3O/c1-5-3-4-11-7(2,10-9)6(5)8/h3-4,9H,8H2,1-2H3. The highest BCUT2D eigenvalue weighted by Gasteiger charge is 2.30. The van der Waals surface area contributed by atoms with E-state index in [9.17, 15) is 0 Å². The fourth-order valence-electron chi connectivity index (χ4n) is 0.874. The van der Waals surface area contributed by atoms with Gasteiger partial charge in [0.25, 0.3) is 5.72 Å².